The fraction of sp³-hybridized carbons (Fsp3) is 0.400. The van der Waals surface area contributed by atoms with Gasteiger partial charge < -0.3 is 14.9 Å². The number of rotatable bonds is 10. The third kappa shape index (κ3) is 4.79. The average molecular weight is 432 g/mol. The smallest absolute Gasteiger partial charge is 0.219 e. The van der Waals surface area contributed by atoms with Gasteiger partial charge in [0.1, 0.15) is 0 Å². The van der Waals surface area contributed by atoms with E-state index in [1.165, 1.54) is 11.8 Å². The molecule has 2 N–H and O–H groups in total. The molecule has 0 unspecified atom stereocenters. The van der Waals surface area contributed by atoms with Crippen LogP contribution in [0.25, 0.3) is 10.7 Å². The topological polar surface area (TPSA) is 95.8 Å². The number of hydrogen-bond donors (Lipinski definition) is 1. The SMILES string of the molecule is CCCn1c(C)cc(C(=O)CSc2nnc(-c3cccs3)n2CCC(N)=O)c1C. The molecule has 0 atom stereocenters. The van der Waals surface area contributed by atoms with E-state index in [1.54, 1.807) is 11.3 Å². The van der Waals surface area contributed by atoms with E-state index in [4.69, 9.17) is 5.73 Å². The van der Waals surface area contributed by atoms with Crippen LogP contribution in [0, 0.1) is 13.8 Å². The molecular formula is C20H25N5O2S2. The van der Waals surface area contributed by atoms with Crippen LogP contribution in [0.4, 0.5) is 0 Å². The zero-order valence-corrected chi connectivity index (χ0v) is 18.5. The van der Waals surface area contributed by atoms with Crippen LogP contribution in [0.3, 0.4) is 0 Å². The van der Waals surface area contributed by atoms with E-state index in [9.17, 15) is 9.59 Å². The molecule has 0 aliphatic carbocycles. The molecule has 1 amide bonds. The maximum Gasteiger partial charge on any atom is 0.219 e. The van der Waals surface area contributed by atoms with Crippen molar-refractivity contribution in [3.8, 4) is 10.7 Å². The van der Waals surface area contributed by atoms with E-state index < -0.39 is 0 Å². The second-order valence-corrected chi connectivity index (χ2v) is 8.69. The number of amides is 1. The number of carbonyl (C=O) groups is 2. The van der Waals surface area contributed by atoms with Crippen molar-refractivity contribution >= 4 is 34.8 Å². The van der Waals surface area contributed by atoms with Crippen molar-refractivity contribution in [3.05, 3.63) is 40.5 Å². The maximum absolute atomic E-state index is 12.9. The molecule has 0 saturated heterocycles. The van der Waals surface area contributed by atoms with Gasteiger partial charge in [-0.2, -0.15) is 0 Å². The Balaban J connectivity index is 1.79. The summed E-state index contributed by atoms with van der Waals surface area (Å²) in [6.45, 7) is 7.44. The quantitative estimate of drug-likeness (QED) is 0.390. The van der Waals surface area contributed by atoms with E-state index in [2.05, 4.69) is 21.7 Å². The minimum Gasteiger partial charge on any atom is -0.370 e. The Morgan fingerprint density at radius 3 is 2.66 bits per heavy atom. The maximum atomic E-state index is 12.9. The van der Waals surface area contributed by atoms with E-state index >= 15 is 0 Å². The zero-order chi connectivity index (χ0) is 21.0. The molecule has 3 heterocycles. The number of thiophene rings is 1. The molecule has 0 saturated carbocycles. The highest BCUT2D eigenvalue weighted by molar-refractivity contribution is 7.99. The predicted molar refractivity (Wildman–Crippen MR) is 116 cm³/mol. The number of aromatic nitrogens is 4. The summed E-state index contributed by atoms with van der Waals surface area (Å²) in [7, 11) is 0. The number of hydrogen-bond acceptors (Lipinski definition) is 6. The van der Waals surface area contributed by atoms with Gasteiger partial charge >= 0.3 is 0 Å². The number of nitrogens with zero attached hydrogens (tertiary/aromatic N) is 4. The molecule has 0 bridgehead atoms. The van der Waals surface area contributed by atoms with Gasteiger partial charge in [-0.25, -0.2) is 0 Å². The van der Waals surface area contributed by atoms with Crippen molar-refractivity contribution in [2.45, 2.75) is 51.9 Å². The van der Waals surface area contributed by atoms with Crippen LogP contribution in [0.15, 0.2) is 28.7 Å². The molecule has 3 aromatic rings. The van der Waals surface area contributed by atoms with Crippen LogP contribution in [0.2, 0.25) is 0 Å². The van der Waals surface area contributed by atoms with Gasteiger partial charge in [0.2, 0.25) is 5.91 Å². The van der Waals surface area contributed by atoms with Crippen LogP contribution >= 0.6 is 23.1 Å². The highest BCUT2D eigenvalue weighted by atomic mass is 32.2. The summed E-state index contributed by atoms with van der Waals surface area (Å²) < 4.78 is 4.05. The van der Waals surface area contributed by atoms with E-state index in [-0.39, 0.29) is 23.9 Å². The number of carbonyl (C=O) groups excluding carboxylic acids is 2. The first kappa shape index (κ1) is 21.3. The molecule has 7 nitrogen and oxygen atoms in total. The molecule has 0 radical (unpaired) electrons. The van der Waals surface area contributed by atoms with E-state index in [1.807, 2.05) is 42.0 Å². The lowest BCUT2D eigenvalue weighted by molar-refractivity contribution is -0.118. The summed E-state index contributed by atoms with van der Waals surface area (Å²) in [4.78, 5) is 25.1. The monoisotopic (exact) mass is 431 g/mol. The Kier molecular flexibility index (Phi) is 6.92. The molecule has 29 heavy (non-hydrogen) atoms. The molecule has 0 aliphatic rings. The van der Waals surface area contributed by atoms with Gasteiger partial charge in [-0.05, 0) is 37.8 Å². The summed E-state index contributed by atoms with van der Waals surface area (Å²) >= 11 is 2.89. The summed E-state index contributed by atoms with van der Waals surface area (Å²) in [6, 6.07) is 5.86. The van der Waals surface area contributed by atoms with Gasteiger partial charge in [0.15, 0.2) is 16.8 Å². The Hall–Kier alpha value is -2.39. The second-order valence-electron chi connectivity index (χ2n) is 6.80. The molecule has 154 valence electrons. The summed E-state index contributed by atoms with van der Waals surface area (Å²) in [5, 5.41) is 11.1. The molecule has 9 heteroatoms. The van der Waals surface area contributed by atoms with Gasteiger partial charge in [-0.3, -0.25) is 9.59 Å². The standard InChI is InChI=1S/C20H25N5O2S2/c1-4-8-24-13(2)11-15(14(24)3)16(26)12-29-20-23-22-19(17-6-5-10-28-17)25(20)9-7-18(21)27/h5-6,10-11H,4,7-9,12H2,1-3H3,(H2,21,27). The number of nitrogens with two attached hydrogens (primary N) is 1. The first-order chi connectivity index (χ1) is 13.9. The van der Waals surface area contributed by atoms with Crippen molar-refractivity contribution in [1.82, 2.24) is 19.3 Å². The third-order valence-corrected chi connectivity index (χ3v) is 6.53. The molecule has 0 aliphatic heterocycles. The molecule has 0 spiro atoms. The minimum atomic E-state index is -0.383. The number of ketones is 1. The molecule has 3 rings (SSSR count). The van der Waals surface area contributed by atoms with Gasteiger partial charge in [0, 0.05) is 36.5 Å². The fourth-order valence-electron chi connectivity index (χ4n) is 3.27. The average Bonchev–Trinajstić information content (AvgIpc) is 3.40. The zero-order valence-electron chi connectivity index (χ0n) is 16.8. The first-order valence-corrected chi connectivity index (χ1v) is 11.4. The van der Waals surface area contributed by atoms with Crippen molar-refractivity contribution in [1.29, 1.82) is 0 Å². The van der Waals surface area contributed by atoms with Crippen LogP contribution < -0.4 is 5.73 Å². The van der Waals surface area contributed by atoms with E-state index in [0.717, 1.165) is 34.8 Å². The van der Waals surface area contributed by atoms with Crippen LogP contribution in [-0.4, -0.2) is 36.8 Å². The summed E-state index contributed by atoms with van der Waals surface area (Å²) in [6.07, 6.45) is 1.21. The molecule has 3 aromatic heterocycles. The Morgan fingerprint density at radius 1 is 1.21 bits per heavy atom. The van der Waals surface area contributed by atoms with Gasteiger partial charge in [-0.15, -0.1) is 21.5 Å². The van der Waals surface area contributed by atoms with Crippen molar-refractivity contribution in [2.75, 3.05) is 5.75 Å². The normalized spacial score (nSPS) is 11.1. The lowest BCUT2D eigenvalue weighted by Gasteiger charge is -2.09. The summed E-state index contributed by atoms with van der Waals surface area (Å²) in [5.41, 5.74) is 8.19. The summed E-state index contributed by atoms with van der Waals surface area (Å²) in [5.74, 6) is 0.631. The lowest BCUT2D eigenvalue weighted by Crippen LogP contribution is -2.15. The Bertz CT molecular complexity index is 1000. The van der Waals surface area contributed by atoms with Crippen LogP contribution in [-0.2, 0) is 17.9 Å². The Labute approximate surface area is 178 Å². The largest absolute Gasteiger partial charge is 0.370 e. The number of Topliss-reactive ketones (excluding diaryl/α,β-unsaturated/α-hetero) is 1. The number of thioether (sulfide) groups is 1. The van der Waals surface area contributed by atoms with Crippen molar-refractivity contribution in [3.63, 3.8) is 0 Å². The van der Waals surface area contributed by atoms with E-state index in [0.29, 0.717) is 17.5 Å². The van der Waals surface area contributed by atoms with Gasteiger partial charge in [0.05, 0.1) is 10.6 Å². The van der Waals surface area contributed by atoms with Gasteiger partial charge in [-0.1, -0.05) is 24.8 Å². The third-order valence-electron chi connectivity index (χ3n) is 4.69. The first-order valence-electron chi connectivity index (χ1n) is 9.50. The molecule has 0 fully saturated rings. The van der Waals surface area contributed by atoms with Gasteiger partial charge in [0.25, 0.3) is 0 Å². The predicted octanol–water partition coefficient (Wildman–Crippen LogP) is 3.69. The highest BCUT2D eigenvalue weighted by Crippen LogP contribution is 2.28. The second kappa shape index (κ2) is 9.41. The molecule has 0 aromatic carbocycles. The van der Waals surface area contributed by atoms with Crippen molar-refractivity contribution < 1.29 is 9.59 Å². The molecular weight excluding hydrogens is 406 g/mol. The number of aryl methyl sites for hydroxylation is 1. The highest BCUT2D eigenvalue weighted by Gasteiger charge is 2.19. The Morgan fingerprint density at radius 2 is 2.00 bits per heavy atom. The number of primary amides is 1. The minimum absolute atomic E-state index is 0.0626. The fourth-order valence-corrected chi connectivity index (χ4v) is 4.83. The van der Waals surface area contributed by atoms with Crippen LogP contribution in [0.5, 0.6) is 0 Å². The van der Waals surface area contributed by atoms with Crippen molar-refractivity contribution in [2.24, 2.45) is 5.73 Å². The van der Waals surface area contributed by atoms with Crippen LogP contribution in [0.1, 0.15) is 41.5 Å². The lowest BCUT2D eigenvalue weighted by atomic mass is 10.2.